The van der Waals surface area contributed by atoms with E-state index in [4.69, 9.17) is 10.5 Å². The van der Waals surface area contributed by atoms with Gasteiger partial charge in [0.25, 0.3) is 0 Å². The van der Waals surface area contributed by atoms with Gasteiger partial charge in [0.05, 0.1) is 12.8 Å². The Hall–Kier alpha value is -0.870. The van der Waals surface area contributed by atoms with E-state index in [-0.39, 0.29) is 0 Å². The molecule has 0 saturated carbocycles. The number of anilines is 1. The van der Waals surface area contributed by atoms with Gasteiger partial charge in [0.15, 0.2) is 0 Å². The van der Waals surface area contributed by atoms with Crippen molar-refractivity contribution in [3.63, 3.8) is 0 Å². The summed E-state index contributed by atoms with van der Waals surface area (Å²) >= 11 is 1.94. The number of methoxy groups -OCH3 is 1. The minimum Gasteiger partial charge on any atom is -0.495 e. The molecule has 1 aliphatic rings. The number of benzene rings is 1. The number of nitrogens with zero attached hydrogens (tertiary/aromatic N) is 1. The van der Waals surface area contributed by atoms with Crippen molar-refractivity contribution in [2.45, 2.75) is 30.7 Å². The first kappa shape index (κ1) is 13.6. The molecule has 3 nitrogen and oxygen atoms in total. The van der Waals surface area contributed by atoms with E-state index in [1.54, 1.807) is 7.11 Å². The maximum Gasteiger partial charge on any atom is 0.143 e. The molecule has 4 heteroatoms. The fraction of sp³-hybridized carbons (Fsp3) is 0.571. The van der Waals surface area contributed by atoms with Crippen LogP contribution in [0, 0.1) is 6.92 Å². The molecule has 0 saturated heterocycles. The molecule has 1 heterocycles. The van der Waals surface area contributed by atoms with Crippen LogP contribution >= 0.6 is 11.8 Å². The zero-order valence-corrected chi connectivity index (χ0v) is 12.2. The second-order valence-corrected chi connectivity index (χ2v) is 5.80. The minimum absolute atomic E-state index is 0.557. The third-order valence-electron chi connectivity index (χ3n) is 3.57. The standard InChI is InChI=1S/C14H22N2OS/c1-10-6-7-12(17-3)13-14(10)18-9-11(16(13)2)5-4-8-15/h6-7,11H,4-5,8-9,15H2,1-3H3. The van der Waals surface area contributed by atoms with Gasteiger partial charge in [-0.2, -0.15) is 0 Å². The highest BCUT2D eigenvalue weighted by molar-refractivity contribution is 7.99. The molecule has 1 aromatic carbocycles. The Bertz CT molecular complexity index is 423. The Kier molecular flexibility index (Phi) is 4.40. The van der Waals surface area contributed by atoms with Crippen molar-refractivity contribution >= 4 is 17.4 Å². The lowest BCUT2D eigenvalue weighted by Crippen LogP contribution is -2.37. The average molecular weight is 266 g/mol. The molecule has 2 N–H and O–H groups in total. The molecule has 1 unspecified atom stereocenters. The Morgan fingerprint density at radius 2 is 2.28 bits per heavy atom. The van der Waals surface area contributed by atoms with Gasteiger partial charge < -0.3 is 15.4 Å². The zero-order valence-electron chi connectivity index (χ0n) is 11.4. The van der Waals surface area contributed by atoms with Crippen molar-refractivity contribution in [1.29, 1.82) is 0 Å². The molecule has 0 radical (unpaired) electrons. The van der Waals surface area contributed by atoms with Crippen LogP contribution in [0.15, 0.2) is 17.0 Å². The lowest BCUT2D eigenvalue weighted by atomic mass is 10.1. The highest BCUT2D eigenvalue weighted by atomic mass is 32.2. The summed E-state index contributed by atoms with van der Waals surface area (Å²) in [6.07, 6.45) is 2.23. The molecule has 100 valence electrons. The maximum absolute atomic E-state index is 5.62. The molecular formula is C14H22N2OS. The second-order valence-electron chi connectivity index (χ2n) is 4.77. The first-order valence-corrected chi connectivity index (χ1v) is 7.41. The van der Waals surface area contributed by atoms with Crippen LogP contribution in [0.25, 0.3) is 0 Å². The van der Waals surface area contributed by atoms with Crippen LogP contribution in [0.5, 0.6) is 5.75 Å². The van der Waals surface area contributed by atoms with Crippen molar-refractivity contribution in [2.24, 2.45) is 5.73 Å². The topological polar surface area (TPSA) is 38.5 Å². The molecule has 1 aliphatic heterocycles. The smallest absolute Gasteiger partial charge is 0.143 e. The maximum atomic E-state index is 5.62. The number of rotatable bonds is 4. The quantitative estimate of drug-likeness (QED) is 0.909. The van der Waals surface area contributed by atoms with E-state index in [9.17, 15) is 0 Å². The van der Waals surface area contributed by atoms with E-state index in [1.165, 1.54) is 16.1 Å². The van der Waals surface area contributed by atoms with Gasteiger partial charge in [0.1, 0.15) is 5.75 Å². The SMILES string of the molecule is COc1ccc(C)c2c1N(C)C(CCCN)CS2. The number of fused-ring (bicyclic) bond motifs is 1. The summed E-state index contributed by atoms with van der Waals surface area (Å²) in [6, 6.07) is 4.76. The van der Waals surface area contributed by atoms with Gasteiger partial charge in [-0.1, -0.05) is 6.07 Å². The molecule has 0 aliphatic carbocycles. The fourth-order valence-corrected chi connectivity index (χ4v) is 3.87. The van der Waals surface area contributed by atoms with Crippen molar-refractivity contribution in [3.8, 4) is 5.75 Å². The van der Waals surface area contributed by atoms with Gasteiger partial charge >= 0.3 is 0 Å². The van der Waals surface area contributed by atoms with Gasteiger partial charge in [-0.25, -0.2) is 0 Å². The Balaban J connectivity index is 2.32. The monoisotopic (exact) mass is 266 g/mol. The minimum atomic E-state index is 0.557. The van der Waals surface area contributed by atoms with Gasteiger partial charge in [0.2, 0.25) is 0 Å². The van der Waals surface area contributed by atoms with Gasteiger partial charge in [-0.15, -0.1) is 11.8 Å². The van der Waals surface area contributed by atoms with Gasteiger partial charge in [-0.05, 0) is 37.9 Å². The van der Waals surface area contributed by atoms with Crippen molar-refractivity contribution in [3.05, 3.63) is 17.7 Å². The van der Waals surface area contributed by atoms with E-state index in [0.717, 1.165) is 30.9 Å². The van der Waals surface area contributed by atoms with E-state index >= 15 is 0 Å². The van der Waals surface area contributed by atoms with Gasteiger partial charge in [-0.3, -0.25) is 0 Å². The summed E-state index contributed by atoms with van der Waals surface area (Å²) in [6.45, 7) is 2.94. The third kappa shape index (κ3) is 2.45. The van der Waals surface area contributed by atoms with Crippen LogP contribution in [0.4, 0.5) is 5.69 Å². The summed E-state index contributed by atoms with van der Waals surface area (Å²) in [7, 11) is 3.91. The molecule has 2 rings (SSSR count). The summed E-state index contributed by atoms with van der Waals surface area (Å²) in [5.74, 6) is 2.11. The number of aryl methyl sites for hydroxylation is 1. The van der Waals surface area contributed by atoms with Crippen molar-refractivity contribution < 1.29 is 4.74 Å². The highest BCUT2D eigenvalue weighted by Crippen LogP contribution is 2.45. The summed E-state index contributed by atoms with van der Waals surface area (Å²) in [5, 5.41) is 0. The summed E-state index contributed by atoms with van der Waals surface area (Å²) in [4.78, 5) is 3.73. The third-order valence-corrected chi connectivity index (χ3v) is 4.93. The first-order valence-electron chi connectivity index (χ1n) is 6.42. The Morgan fingerprint density at radius 1 is 1.50 bits per heavy atom. The van der Waals surface area contributed by atoms with Crippen LogP contribution in [0.1, 0.15) is 18.4 Å². The molecule has 1 aromatic rings. The Morgan fingerprint density at radius 3 is 2.94 bits per heavy atom. The van der Waals surface area contributed by atoms with E-state index in [2.05, 4.69) is 31.0 Å². The van der Waals surface area contributed by atoms with Crippen LogP contribution in [0.3, 0.4) is 0 Å². The number of nitrogens with two attached hydrogens (primary N) is 1. The second kappa shape index (κ2) is 5.85. The predicted octanol–water partition coefficient (Wildman–Crippen LogP) is 2.65. The van der Waals surface area contributed by atoms with Crippen molar-refractivity contribution in [2.75, 3.05) is 31.4 Å². The van der Waals surface area contributed by atoms with Crippen LogP contribution < -0.4 is 15.4 Å². The number of ether oxygens (including phenoxy) is 1. The Labute approximate surface area is 114 Å². The summed E-state index contributed by atoms with van der Waals surface area (Å²) < 4.78 is 5.51. The molecule has 0 fully saturated rings. The van der Waals surface area contributed by atoms with E-state index < -0.39 is 0 Å². The molecule has 0 spiro atoms. The van der Waals surface area contributed by atoms with E-state index in [1.807, 2.05) is 11.8 Å². The van der Waals surface area contributed by atoms with Crippen LogP contribution in [0.2, 0.25) is 0 Å². The molecule has 0 bridgehead atoms. The lowest BCUT2D eigenvalue weighted by molar-refractivity contribution is 0.411. The van der Waals surface area contributed by atoms with Crippen molar-refractivity contribution in [1.82, 2.24) is 0 Å². The largest absolute Gasteiger partial charge is 0.495 e. The van der Waals surface area contributed by atoms with Crippen LogP contribution in [-0.4, -0.2) is 32.5 Å². The predicted molar refractivity (Wildman–Crippen MR) is 78.9 cm³/mol. The number of hydrogen-bond acceptors (Lipinski definition) is 4. The molecule has 0 amide bonds. The molecule has 18 heavy (non-hydrogen) atoms. The first-order chi connectivity index (χ1) is 8.69. The average Bonchev–Trinajstić information content (AvgIpc) is 2.39. The van der Waals surface area contributed by atoms with Gasteiger partial charge in [0, 0.05) is 23.7 Å². The normalized spacial score (nSPS) is 18.7. The molecule has 1 atom stereocenters. The van der Waals surface area contributed by atoms with Crippen LogP contribution in [-0.2, 0) is 0 Å². The number of thioether (sulfide) groups is 1. The summed E-state index contributed by atoms with van der Waals surface area (Å²) in [5.41, 5.74) is 8.20. The highest BCUT2D eigenvalue weighted by Gasteiger charge is 2.27. The molecular weight excluding hydrogens is 244 g/mol. The fourth-order valence-electron chi connectivity index (χ4n) is 2.44. The molecule has 0 aromatic heterocycles. The number of hydrogen-bond donors (Lipinski definition) is 1. The van der Waals surface area contributed by atoms with E-state index in [0.29, 0.717) is 6.04 Å². The zero-order chi connectivity index (χ0) is 13.1. The lowest BCUT2D eigenvalue weighted by Gasteiger charge is -2.37.